The first-order chi connectivity index (χ1) is 9.02. The Hall–Kier alpha value is -1.78. The number of hydrogen-bond acceptors (Lipinski definition) is 3. The van der Waals surface area contributed by atoms with Gasteiger partial charge in [0.15, 0.2) is 0 Å². The van der Waals surface area contributed by atoms with Crippen molar-refractivity contribution < 1.29 is 0 Å². The summed E-state index contributed by atoms with van der Waals surface area (Å²) in [6.45, 7) is 12.2. The van der Waals surface area contributed by atoms with Crippen LogP contribution in [-0.4, -0.2) is 19.6 Å². The third-order valence-electron chi connectivity index (χ3n) is 3.42. The first-order valence-corrected chi connectivity index (χ1v) is 6.83. The molecule has 0 aliphatic rings. The van der Waals surface area contributed by atoms with Crippen LogP contribution in [0.5, 0.6) is 0 Å². The van der Waals surface area contributed by atoms with E-state index in [0.29, 0.717) is 6.04 Å². The van der Waals surface area contributed by atoms with Crippen LogP contribution in [-0.2, 0) is 13.1 Å². The van der Waals surface area contributed by atoms with E-state index in [0.717, 1.165) is 24.5 Å². The molecule has 0 saturated carbocycles. The second kappa shape index (κ2) is 5.47. The Morgan fingerprint density at radius 2 is 2.05 bits per heavy atom. The van der Waals surface area contributed by atoms with E-state index < -0.39 is 0 Å². The molecule has 0 fully saturated rings. The predicted molar refractivity (Wildman–Crippen MR) is 77.3 cm³/mol. The van der Waals surface area contributed by atoms with Gasteiger partial charge in [0.2, 0.25) is 0 Å². The van der Waals surface area contributed by atoms with Crippen molar-refractivity contribution in [3.63, 3.8) is 0 Å². The van der Waals surface area contributed by atoms with Crippen LogP contribution in [0.25, 0.3) is 0 Å². The minimum atomic E-state index is 0.400. The number of nitrogens with zero attached hydrogens (tertiary/aromatic N) is 4. The summed E-state index contributed by atoms with van der Waals surface area (Å²) in [7, 11) is 0. The molecular formula is C14H23N5. The van der Waals surface area contributed by atoms with Gasteiger partial charge in [0.25, 0.3) is 0 Å². The van der Waals surface area contributed by atoms with Gasteiger partial charge in [0, 0.05) is 30.9 Å². The quantitative estimate of drug-likeness (QED) is 0.900. The van der Waals surface area contributed by atoms with Gasteiger partial charge in [-0.05, 0) is 34.6 Å². The van der Waals surface area contributed by atoms with Crippen molar-refractivity contribution in [2.45, 2.75) is 53.8 Å². The van der Waals surface area contributed by atoms with Crippen LogP contribution >= 0.6 is 0 Å². The minimum Gasteiger partial charge on any atom is -0.378 e. The van der Waals surface area contributed by atoms with E-state index in [1.54, 1.807) is 0 Å². The second-order valence-corrected chi connectivity index (χ2v) is 5.13. The fourth-order valence-corrected chi connectivity index (χ4v) is 2.09. The number of anilines is 1. The van der Waals surface area contributed by atoms with E-state index in [1.165, 1.54) is 11.3 Å². The molecule has 5 nitrogen and oxygen atoms in total. The molecule has 0 spiro atoms. The van der Waals surface area contributed by atoms with E-state index in [9.17, 15) is 0 Å². The first-order valence-electron chi connectivity index (χ1n) is 6.83. The van der Waals surface area contributed by atoms with E-state index in [1.807, 2.05) is 15.6 Å². The smallest absolute Gasteiger partial charge is 0.0758 e. The zero-order valence-corrected chi connectivity index (χ0v) is 12.4. The van der Waals surface area contributed by atoms with Crippen LogP contribution in [0.2, 0.25) is 0 Å². The Labute approximate surface area is 114 Å². The van der Waals surface area contributed by atoms with Crippen molar-refractivity contribution in [1.29, 1.82) is 0 Å². The van der Waals surface area contributed by atoms with Gasteiger partial charge in [0.1, 0.15) is 0 Å². The van der Waals surface area contributed by atoms with Gasteiger partial charge < -0.3 is 5.32 Å². The highest BCUT2D eigenvalue weighted by Gasteiger charge is 2.09. The molecule has 0 aromatic carbocycles. The van der Waals surface area contributed by atoms with Gasteiger partial charge in [-0.2, -0.15) is 10.2 Å². The lowest BCUT2D eigenvalue weighted by molar-refractivity contribution is 0.529. The topological polar surface area (TPSA) is 47.7 Å². The highest BCUT2D eigenvalue weighted by molar-refractivity contribution is 5.46. The van der Waals surface area contributed by atoms with Gasteiger partial charge in [-0.1, -0.05) is 0 Å². The monoisotopic (exact) mass is 261 g/mol. The van der Waals surface area contributed by atoms with Gasteiger partial charge >= 0.3 is 0 Å². The molecule has 2 heterocycles. The maximum atomic E-state index is 4.52. The predicted octanol–water partition coefficient (Wildman–Crippen LogP) is 2.91. The molecule has 2 rings (SSSR count). The highest BCUT2D eigenvalue weighted by atomic mass is 15.3. The summed E-state index contributed by atoms with van der Waals surface area (Å²) >= 11 is 0. The van der Waals surface area contributed by atoms with Gasteiger partial charge in [-0.15, -0.1) is 0 Å². The summed E-state index contributed by atoms with van der Waals surface area (Å²) in [5.74, 6) is 0. The van der Waals surface area contributed by atoms with Crippen molar-refractivity contribution >= 4 is 5.69 Å². The summed E-state index contributed by atoms with van der Waals surface area (Å²) in [6.07, 6.45) is 4.01. The minimum absolute atomic E-state index is 0.400. The molecule has 1 N–H and O–H groups in total. The number of rotatable bonds is 5. The first kappa shape index (κ1) is 13.6. The van der Waals surface area contributed by atoms with Crippen molar-refractivity contribution in [2.75, 3.05) is 5.32 Å². The molecule has 104 valence electrons. The van der Waals surface area contributed by atoms with E-state index in [2.05, 4.69) is 56.3 Å². The SMILES string of the molecule is CCn1ncc(NCc2cn(C(C)C)nc2C)c1C. The van der Waals surface area contributed by atoms with Crippen LogP contribution in [0.4, 0.5) is 5.69 Å². The Balaban J connectivity index is 2.08. The Morgan fingerprint density at radius 3 is 2.58 bits per heavy atom. The zero-order valence-electron chi connectivity index (χ0n) is 12.4. The molecule has 0 unspecified atom stereocenters. The molecule has 0 atom stereocenters. The maximum Gasteiger partial charge on any atom is 0.0758 e. The van der Waals surface area contributed by atoms with Gasteiger partial charge in [-0.3, -0.25) is 9.36 Å². The molecule has 0 saturated heterocycles. The average Bonchev–Trinajstić information content (AvgIpc) is 2.91. The molecule has 0 bridgehead atoms. The van der Waals surface area contributed by atoms with Crippen LogP contribution < -0.4 is 5.32 Å². The van der Waals surface area contributed by atoms with Crippen molar-refractivity contribution in [3.05, 3.63) is 29.3 Å². The molecule has 0 aliphatic carbocycles. The summed E-state index contributed by atoms with van der Waals surface area (Å²) in [4.78, 5) is 0. The number of hydrogen-bond donors (Lipinski definition) is 1. The zero-order chi connectivity index (χ0) is 14.0. The number of aromatic nitrogens is 4. The van der Waals surface area contributed by atoms with E-state index >= 15 is 0 Å². The molecule has 0 radical (unpaired) electrons. The molecular weight excluding hydrogens is 238 g/mol. The van der Waals surface area contributed by atoms with Crippen molar-refractivity contribution in [3.8, 4) is 0 Å². The Bertz CT molecular complexity index is 550. The van der Waals surface area contributed by atoms with Crippen LogP contribution in [0.3, 0.4) is 0 Å². The third kappa shape index (κ3) is 2.80. The lowest BCUT2D eigenvalue weighted by atomic mass is 10.2. The summed E-state index contributed by atoms with van der Waals surface area (Å²) < 4.78 is 4.00. The lowest BCUT2D eigenvalue weighted by Crippen LogP contribution is -2.03. The molecule has 2 aromatic heterocycles. The van der Waals surface area contributed by atoms with Crippen LogP contribution in [0, 0.1) is 13.8 Å². The fraction of sp³-hybridized carbons (Fsp3) is 0.571. The van der Waals surface area contributed by atoms with Crippen LogP contribution in [0.1, 0.15) is 43.8 Å². The van der Waals surface area contributed by atoms with Crippen molar-refractivity contribution in [2.24, 2.45) is 0 Å². The highest BCUT2D eigenvalue weighted by Crippen LogP contribution is 2.16. The lowest BCUT2D eigenvalue weighted by Gasteiger charge is -2.05. The largest absolute Gasteiger partial charge is 0.378 e. The molecule has 19 heavy (non-hydrogen) atoms. The van der Waals surface area contributed by atoms with E-state index in [-0.39, 0.29) is 0 Å². The average molecular weight is 261 g/mol. The number of nitrogens with one attached hydrogen (secondary N) is 1. The van der Waals surface area contributed by atoms with E-state index in [4.69, 9.17) is 0 Å². The standard InChI is InChI=1S/C14H23N5/c1-6-18-12(5)14(8-16-18)15-7-13-9-19(10(2)3)17-11(13)4/h8-10,15H,6-7H2,1-5H3. The van der Waals surface area contributed by atoms with Crippen molar-refractivity contribution in [1.82, 2.24) is 19.6 Å². The maximum absolute atomic E-state index is 4.52. The molecule has 0 aliphatic heterocycles. The second-order valence-electron chi connectivity index (χ2n) is 5.13. The Kier molecular flexibility index (Phi) is 3.93. The summed E-state index contributed by atoms with van der Waals surface area (Å²) in [5, 5.41) is 12.3. The summed E-state index contributed by atoms with van der Waals surface area (Å²) in [5.41, 5.74) is 4.59. The molecule has 2 aromatic rings. The van der Waals surface area contributed by atoms with Crippen LogP contribution in [0.15, 0.2) is 12.4 Å². The Morgan fingerprint density at radius 1 is 1.32 bits per heavy atom. The molecule has 5 heteroatoms. The fourth-order valence-electron chi connectivity index (χ4n) is 2.09. The van der Waals surface area contributed by atoms with Gasteiger partial charge in [-0.25, -0.2) is 0 Å². The van der Waals surface area contributed by atoms with Gasteiger partial charge in [0.05, 0.1) is 23.3 Å². The third-order valence-corrected chi connectivity index (χ3v) is 3.42. The molecule has 0 amide bonds. The summed E-state index contributed by atoms with van der Waals surface area (Å²) in [6, 6.07) is 0.400. The normalized spacial score (nSPS) is 11.3. The number of aryl methyl sites for hydroxylation is 2.